The third-order valence-corrected chi connectivity index (χ3v) is 6.22. The Labute approximate surface area is 164 Å². The lowest BCUT2D eigenvalue weighted by Crippen LogP contribution is -2.41. The molecule has 2 aliphatic heterocycles. The Balaban J connectivity index is 1.78. The van der Waals surface area contributed by atoms with Crippen molar-refractivity contribution in [2.45, 2.75) is 64.5 Å². The van der Waals surface area contributed by atoms with Gasteiger partial charge in [-0.15, -0.1) is 0 Å². The van der Waals surface area contributed by atoms with Crippen molar-refractivity contribution in [3.63, 3.8) is 0 Å². The van der Waals surface area contributed by atoms with Gasteiger partial charge in [-0.1, -0.05) is 54.5 Å². The maximum absolute atomic E-state index is 13.2. The summed E-state index contributed by atoms with van der Waals surface area (Å²) in [6.45, 7) is 6.26. The molecule has 2 unspecified atom stereocenters. The molecule has 27 heavy (non-hydrogen) atoms. The first-order valence-electron chi connectivity index (χ1n) is 10.5. The van der Waals surface area contributed by atoms with Gasteiger partial charge in [-0.05, 0) is 64.3 Å². The molecule has 0 bridgehead atoms. The maximum atomic E-state index is 13.2. The van der Waals surface area contributed by atoms with Crippen LogP contribution in [0.5, 0.6) is 0 Å². The van der Waals surface area contributed by atoms with E-state index in [1.807, 2.05) is 6.07 Å². The van der Waals surface area contributed by atoms with E-state index in [9.17, 15) is 4.79 Å². The lowest BCUT2D eigenvalue weighted by molar-refractivity contribution is -0.133. The van der Waals surface area contributed by atoms with Crippen LogP contribution in [0.2, 0.25) is 0 Å². The van der Waals surface area contributed by atoms with Gasteiger partial charge in [-0.25, -0.2) is 0 Å². The minimum atomic E-state index is 0.0488. The quantitative estimate of drug-likeness (QED) is 0.722. The number of hydrogen-bond donors (Lipinski definition) is 0. The van der Waals surface area contributed by atoms with Crippen LogP contribution in [0.3, 0.4) is 0 Å². The molecule has 3 rings (SSSR count). The molecule has 1 aromatic carbocycles. The van der Waals surface area contributed by atoms with Crippen LogP contribution in [0.15, 0.2) is 53.6 Å². The minimum absolute atomic E-state index is 0.0488. The largest absolute Gasteiger partial charge is 0.331 e. The number of hydrogen-bond acceptors (Lipinski definition) is 2. The summed E-state index contributed by atoms with van der Waals surface area (Å²) >= 11 is 0. The molecule has 1 fully saturated rings. The fourth-order valence-corrected chi connectivity index (χ4v) is 4.58. The first-order chi connectivity index (χ1) is 13.1. The number of piperidine rings is 1. The summed E-state index contributed by atoms with van der Waals surface area (Å²) in [5.74, 6) is 0.303. The van der Waals surface area contributed by atoms with Gasteiger partial charge in [0.05, 0.1) is 6.04 Å². The van der Waals surface area contributed by atoms with Gasteiger partial charge in [-0.3, -0.25) is 4.79 Å². The van der Waals surface area contributed by atoms with Crippen molar-refractivity contribution in [2.75, 3.05) is 20.1 Å². The second kappa shape index (κ2) is 9.36. The average molecular weight is 367 g/mol. The second-order valence-electron chi connectivity index (χ2n) is 8.05. The molecule has 0 aliphatic carbocycles. The van der Waals surface area contributed by atoms with Crippen LogP contribution in [0, 0.1) is 0 Å². The van der Waals surface area contributed by atoms with Crippen molar-refractivity contribution >= 4 is 5.91 Å². The predicted molar refractivity (Wildman–Crippen MR) is 113 cm³/mol. The monoisotopic (exact) mass is 366 g/mol. The highest BCUT2D eigenvalue weighted by atomic mass is 16.2. The van der Waals surface area contributed by atoms with E-state index in [2.05, 4.69) is 67.1 Å². The molecule has 0 spiro atoms. The van der Waals surface area contributed by atoms with Crippen LogP contribution in [0.1, 0.15) is 64.0 Å². The Bertz CT molecular complexity index is 692. The summed E-state index contributed by atoms with van der Waals surface area (Å²) in [5.41, 5.74) is 3.91. The van der Waals surface area contributed by atoms with Gasteiger partial charge in [0.15, 0.2) is 0 Å². The van der Waals surface area contributed by atoms with Gasteiger partial charge in [0.2, 0.25) is 5.91 Å². The standard InChI is InChI=1S/C24H34N2O/c1-4-10-22-19(2)16-18-26(24(22)20-11-6-5-7-12-20)23(27)15-14-21-13-8-9-17-25(21)3/h4-7,10-12,21,24H,8-9,13-18H2,1-3H3/b10-4-. The Morgan fingerprint density at radius 2 is 1.96 bits per heavy atom. The summed E-state index contributed by atoms with van der Waals surface area (Å²) in [6, 6.07) is 11.1. The third kappa shape index (κ3) is 4.70. The first-order valence-corrected chi connectivity index (χ1v) is 10.5. The first kappa shape index (κ1) is 19.9. The smallest absolute Gasteiger partial charge is 0.223 e. The highest BCUT2D eigenvalue weighted by Gasteiger charge is 2.32. The van der Waals surface area contributed by atoms with E-state index in [0.29, 0.717) is 18.4 Å². The fourth-order valence-electron chi connectivity index (χ4n) is 4.58. The zero-order valence-corrected chi connectivity index (χ0v) is 17.2. The van der Waals surface area contributed by atoms with Crippen LogP contribution >= 0.6 is 0 Å². The van der Waals surface area contributed by atoms with Gasteiger partial charge >= 0.3 is 0 Å². The number of carbonyl (C=O) groups excluding carboxylic acids is 1. The predicted octanol–water partition coefficient (Wildman–Crippen LogP) is 5.12. The minimum Gasteiger partial charge on any atom is -0.331 e. The van der Waals surface area contributed by atoms with Crippen molar-refractivity contribution in [1.82, 2.24) is 9.80 Å². The van der Waals surface area contributed by atoms with Gasteiger partial charge in [0.1, 0.15) is 0 Å². The van der Waals surface area contributed by atoms with E-state index < -0.39 is 0 Å². The highest BCUT2D eigenvalue weighted by molar-refractivity contribution is 5.78. The van der Waals surface area contributed by atoms with Crippen molar-refractivity contribution in [2.24, 2.45) is 0 Å². The van der Waals surface area contributed by atoms with E-state index in [0.717, 1.165) is 19.4 Å². The van der Waals surface area contributed by atoms with Gasteiger partial charge in [0, 0.05) is 19.0 Å². The Kier molecular flexibility index (Phi) is 6.89. The average Bonchev–Trinajstić information content (AvgIpc) is 2.69. The molecule has 1 aromatic rings. The van der Waals surface area contributed by atoms with Crippen LogP contribution in [0.4, 0.5) is 0 Å². The zero-order chi connectivity index (χ0) is 19.2. The molecule has 1 saturated heterocycles. The highest BCUT2D eigenvalue weighted by Crippen LogP contribution is 2.37. The molecule has 1 amide bonds. The molecule has 2 aliphatic rings. The molecule has 146 valence electrons. The van der Waals surface area contributed by atoms with E-state index in [1.165, 1.54) is 42.5 Å². The topological polar surface area (TPSA) is 23.6 Å². The van der Waals surface area contributed by atoms with Crippen LogP contribution in [-0.2, 0) is 4.79 Å². The Morgan fingerprint density at radius 1 is 1.19 bits per heavy atom. The second-order valence-corrected chi connectivity index (χ2v) is 8.05. The summed E-state index contributed by atoms with van der Waals surface area (Å²) in [6.07, 6.45) is 10.7. The molecule has 2 atom stereocenters. The molecule has 0 saturated carbocycles. The number of allylic oxidation sites excluding steroid dienone is 1. The number of benzene rings is 1. The molecule has 3 nitrogen and oxygen atoms in total. The zero-order valence-electron chi connectivity index (χ0n) is 17.2. The van der Waals surface area contributed by atoms with Crippen LogP contribution < -0.4 is 0 Å². The van der Waals surface area contributed by atoms with E-state index in [1.54, 1.807) is 0 Å². The lowest BCUT2D eigenvalue weighted by atomic mass is 9.87. The number of nitrogens with zero attached hydrogens (tertiary/aromatic N) is 2. The number of amides is 1. The molecule has 3 heteroatoms. The molecule has 2 heterocycles. The third-order valence-electron chi connectivity index (χ3n) is 6.22. The number of rotatable bonds is 5. The molecular formula is C24H34N2O. The fraction of sp³-hybridized carbons (Fsp3) is 0.542. The van der Waals surface area contributed by atoms with Crippen LogP contribution in [0.25, 0.3) is 0 Å². The van der Waals surface area contributed by atoms with Crippen molar-refractivity contribution in [3.8, 4) is 0 Å². The number of carbonyl (C=O) groups is 1. The van der Waals surface area contributed by atoms with Crippen molar-refractivity contribution in [3.05, 3.63) is 59.2 Å². The SMILES string of the molecule is C/C=C\C1=C(C)CCN(C(=O)CCC2CCCCN2C)C1c1ccccc1. The summed E-state index contributed by atoms with van der Waals surface area (Å²) in [4.78, 5) is 17.8. The van der Waals surface area contributed by atoms with Crippen molar-refractivity contribution in [1.29, 1.82) is 0 Å². The van der Waals surface area contributed by atoms with E-state index in [4.69, 9.17) is 0 Å². The van der Waals surface area contributed by atoms with Crippen LogP contribution in [-0.4, -0.2) is 41.9 Å². The van der Waals surface area contributed by atoms with E-state index in [-0.39, 0.29) is 6.04 Å². The summed E-state index contributed by atoms with van der Waals surface area (Å²) in [7, 11) is 2.21. The molecule has 0 aromatic heterocycles. The Morgan fingerprint density at radius 3 is 2.67 bits per heavy atom. The molecule has 0 N–H and O–H groups in total. The van der Waals surface area contributed by atoms with Gasteiger partial charge in [0.25, 0.3) is 0 Å². The van der Waals surface area contributed by atoms with Crippen molar-refractivity contribution < 1.29 is 4.79 Å². The summed E-state index contributed by atoms with van der Waals surface area (Å²) in [5, 5.41) is 0. The number of likely N-dealkylation sites (tertiary alicyclic amines) is 1. The Hall–Kier alpha value is -1.87. The molecular weight excluding hydrogens is 332 g/mol. The van der Waals surface area contributed by atoms with E-state index >= 15 is 0 Å². The maximum Gasteiger partial charge on any atom is 0.223 e. The van der Waals surface area contributed by atoms with Gasteiger partial charge in [-0.2, -0.15) is 0 Å². The normalized spacial score (nSPS) is 24.6. The molecule has 0 radical (unpaired) electrons. The summed E-state index contributed by atoms with van der Waals surface area (Å²) < 4.78 is 0. The lowest BCUT2D eigenvalue weighted by Gasteiger charge is -2.39. The van der Waals surface area contributed by atoms with Gasteiger partial charge < -0.3 is 9.80 Å².